The fraction of sp³-hybridized carbons (Fsp3) is 0.316. The van der Waals surface area contributed by atoms with Gasteiger partial charge in [0.25, 0.3) is 0 Å². The van der Waals surface area contributed by atoms with Crippen LogP contribution in [0.4, 0.5) is 5.82 Å². The zero-order chi connectivity index (χ0) is 19.3. The van der Waals surface area contributed by atoms with Crippen LogP contribution in [0.25, 0.3) is 20.7 Å². The van der Waals surface area contributed by atoms with Crippen molar-refractivity contribution >= 4 is 44.7 Å². The van der Waals surface area contributed by atoms with Crippen molar-refractivity contribution in [2.24, 2.45) is 0 Å². The van der Waals surface area contributed by atoms with E-state index in [-0.39, 0.29) is 6.10 Å². The van der Waals surface area contributed by atoms with Crippen LogP contribution in [0.2, 0.25) is 0 Å². The van der Waals surface area contributed by atoms with Crippen molar-refractivity contribution in [3.8, 4) is 16.2 Å². The van der Waals surface area contributed by atoms with E-state index in [0.29, 0.717) is 17.5 Å². The molecule has 3 heterocycles. The van der Waals surface area contributed by atoms with Crippen LogP contribution in [0, 0.1) is 0 Å². The van der Waals surface area contributed by atoms with Crippen LogP contribution in [0.5, 0.6) is 5.75 Å². The maximum absolute atomic E-state index is 5.59. The lowest BCUT2D eigenvalue weighted by molar-refractivity contribution is 0.114. The predicted molar refractivity (Wildman–Crippen MR) is 116 cm³/mol. The fourth-order valence-corrected chi connectivity index (χ4v) is 4.22. The van der Waals surface area contributed by atoms with Gasteiger partial charge in [-0.05, 0) is 48.8 Å². The third-order valence-corrected chi connectivity index (χ3v) is 5.90. The maximum atomic E-state index is 5.59. The van der Waals surface area contributed by atoms with Gasteiger partial charge in [0.2, 0.25) is 0 Å². The number of fused-ring (bicyclic) bond motifs is 1. The van der Waals surface area contributed by atoms with Gasteiger partial charge in [0.15, 0.2) is 10.9 Å². The second kappa shape index (κ2) is 8.68. The molecule has 3 aromatic rings. The average molecular weight is 416 g/mol. The number of ether oxygens (including phenoxy) is 2. The largest absolute Gasteiger partial charge is 0.497 e. The first-order valence-corrected chi connectivity index (χ1v) is 10.3. The van der Waals surface area contributed by atoms with Gasteiger partial charge in [0.1, 0.15) is 12.1 Å². The summed E-state index contributed by atoms with van der Waals surface area (Å²) in [6.45, 7) is 1.53. The summed E-state index contributed by atoms with van der Waals surface area (Å²) >= 11 is 6.94. The molecule has 28 heavy (non-hydrogen) atoms. The molecule has 0 radical (unpaired) electrons. The van der Waals surface area contributed by atoms with Crippen LogP contribution in [0.3, 0.4) is 0 Å². The summed E-state index contributed by atoms with van der Waals surface area (Å²) in [4.78, 5) is 9.82. The van der Waals surface area contributed by atoms with E-state index in [2.05, 4.69) is 38.3 Å². The van der Waals surface area contributed by atoms with Crippen molar-refractivity contribution in [2.75, 3.05) is 25.7 Å². The second-order valence-electron chi connectivity index (χ2n) is 6.37. The summed E-state index contributed by atoms with van der Waals surface area (Å²) in [6, 6.07) is 10.0. The van der Waals surface area contributed by atoms with Crippen molar-refractivity contribution in [1.29, 1.82) is 0 Å². The Morgan fingerprint density at radius 3 is 3.11 bits per heavy atom. The molecule has 0 bridgehead atoms. The van der Waals surface area contributed by atoms with Gasteiger partial charge in [0.05, 0.1) is 23.4 Å². The SMILES string of the molecule is COc1cccc(-c2cc3ncnc(NNC(=S)NCC4CCCO4)c3s2)c1. The van der Waals surface area contributed by atoms with E-state index >= 15 is 0 Å². The molecule has 146 valence electrons. The van der Waals surface area contributed by atoms with Crippen molar-refractivity contribution < 1.29 is 9.47 Å². The molecule has 3 N–H and O–H groups in total. The number of aromatic nitrogens is 2. The molecule has 0 amide bonds. The molecule has 2 aromatic heterocycles. The van der Waals surface area contributed by atoms with Gasteiger partial charge in [-0.2, -0.15) is 0 Å². The minimum absolute atomic E-state index is 0.230. The fourth-order valence-electron chi connectivity index (χ4n) is 3.03. The minimum Gasteiger partial charge on any atom is -0.497 e. The number of methoxy groups -OCH3 is 1. The zero-order valence-corrected chi connectivity index (χ0v) is 17.0. The summed E-state index contributed by atoms with van der Waals surface area (Å²) in [6.07, 6.45) is 3.94. The molecule has 1 unspecified atom stereocenters. The lowest BCUT2D eigenvalue weighted by Gasteiger charge is -2.14. The Kier molecular flexibility index (Phi) is 5.84. The molecule has 0 saturated carbocycles. The van der Waals surface area contributed by atoms with Gasteiger partial charge in [0, 0.05) is 18.0 Å². The van der Waals surface area contributed by atoms with Crippen molar-refractivity contribution in [3.05, 3.63) is 36.7 Å². The van der Waals surface area contributed by atoms with Gasteiger partial charge >= 0.3 is 0 Å². The number of hydrazine groups is 1. The first-order valence-electron chi connectivity index (χ1n) is 9.03. The number of thiophene rings is 1. The summed E-state index contributed by atoms with van der Waals surface area (Å²) in [7, 11) is 1.67. The van der Waals surface area contributed by atoms with Crippen LogP contribution in [-0.4, -0.2) is 41.4 Å². The van der Waals surface area contributed by atoms with Crippen molar-refractivity contribution in [2.45, 2.75) is 18.9 Å². The minimum atomic E-state index is 0.230. The summed E-state index contributed by atoms with van der Waals surface area (Å²) in [5.74, 6) is 1.51. The number of nitrogens with one attached hydrogen (secondary N) is 3. The highest BCUT2D eigenvalue weighted by Gasteiger charge is 2.15. The number of nitrogens with zero attached hydrogens (tertiary/aromatic N) is 2. The van der Waals surface area contributed by atoms with Gasteiger partial charge in [-0.1, -0.05) is 12.1 Å². The van der Waals surface area contributed by atoms with Crippen LogP contribution < -0.4 is 20.9 Å². The van der Waals surface area contributed by atoms with Gasteiger partial charge < -0.3 is 14.8 Å². The Bertz CT molecular complexity index is 972. The molecular weight excluding hydrogens is 394 g/mol. The first-order chi connectivity index (χ1) is 13.7. The molecule has 4 rings (SSSR count). The number of hydrogen-bond donors (Lipinski definition) is 3. The molecule has 1 aliphatic rings. The Morgan fingerprint density at radius 1 is 1.36 bits per heavy atom. The Balaban J connectivity index is 1.45. The van der Waals surface area contributed by atoms with E-state index in [1.165, 1.54) is 6.33 Å². The maximum Gasteiger partial charge on any atom is 0.185 e. The summed E-state index contributed by atoms with van der Waals surface area (Å²) in [5, 5.41) is 3.67. The highest BCUT2D eigenvalue weighted by molar-refractivity contribution is 7.80. The molecule has 1 atom stereocenters. The monoisotopic (exact) mass is 415 g/mol. The molecule has 1 saturated heterocycles. The summed E-state index contributed by atoms with van der Waals surface area (Å²) in [5.41, 5.74) is 8.04. The standard InChI is InChI=1S/C19H21N5O2S2/c1-25-13-5-2-4-12(8-13)16-9-15-17(28-16)18(22-11-21-15)23-24-19(27)20-10-14-6-3-7-26-14/h2,4-5,8-9,11,14H,3,6-7,10H2,1H3,(H2,20,24,27)(H,21,22,23). The highest BCUT2D eigenvalue weighted by Crippen LogP contribution is 2.36. The van der Waals surface area contributed by atoms with E-state index in [1.54, 1.807) is 18.4 Å². The number of hydrogen-bond acceptors (Lipinski definition) is 7. The number of benzene rings is 1. The third-order valence-electron chi connectivity index (χ3n) is 4.47. The normalized spacial score (nSPS) is 16.1. The summed E-state index contributed by atoms with van der Waals surface area (Å²) < 4.78 is 11.9. The Morgan fingerprint density at radius 2 is 2.29 bits per heavy atom. The molecular formula is C19H21N5O2S2. The number of rotatable bonds is 6. The molecule has 9 heteroatoms. The highest BCUT2D eigenvalue weighted by atomic mass is 32.1. The van der Waals surface area contributed by atoms with Gasteiger partial charge in [-0.15, -0.1) is 11.3 Å². The van der Waals surface area contributed by atoms with E-state index in [1.807, 2.05) is 18.2 Å². The van der Waals surface area contributed by atoms with E-state index in [9.17, 15) is 0 Å². The number of anilines is 1. The van der Waals surface area contributed by atoms with E-state index in [4.69, 9.17) is 21.7 Å². The van der Waals surface area contributed by atoms with Crippen LogP contribution in [-0.2, 0) is 4.74 Å². The molecule has 1 aliphatic heterocycles. The second-order valence-corrected chi connectivity index (χ2v) is 7.83. The molecule has 0 aliphatic carbocycles. The smallest absolute Gasteiger partial charge is 0.185 e. The lowest BCUT2D eigenvalue weighted by Crippen LogP contribution is -2.42. The predicted octanol–water partition coefficient (Wildman–Crippen LogP) is 3.34. The van der Waals surface area contributed by atoms with Gasteiger partial charge in [-0.3, -0.25) is 10.9 Å². The molecule has 7 nitrogen and oxygen atoms in total. The van der Waals surface area contributed by atoms with Crippen LogP contribution in [0.1, 0.15) is 12.8 Å². The van der Waals surface area contributed by atoms with E-state index in [0.717, 1.165) is 45.9 Å². The van der Waals surface area contributed by atoms with E-state index < -0.39 is 0 Å². The first kappa shape index (κ1) is 18.9. The lowest BCUT2D eigenvalue weighted by atomic mass is 10.2. The van der Waals surface area contributed by atoms with Crippen LogP contribution >= 0.6 is 23.6 Å². The quantitative estimate of drug-likeness (QED) is 0.418. The van der Waals surface area contributed by atoms with Crippen molar-refractivity contribution in [1.82, 2.24) is 20.7 Å². The molecule has 1 aromatic carbocycles. The van der Waals surface area contributed by atoms with Crippen molar-refractivity contribution in [3.63, 3.8) is 0 Å². The average Bonchev–Trinajstić information content (AvgIpc) is 3.40. The number of thiocarbonyl (C=S) groups is 1. The zero-order valence-electron chi connectivity index (χ0n) is 15.4. The topological polar surface area (TPSA) is 80.3 Å². The molecule has 1 fully saturated rings. The Hall–Kier alpha value is -2.49. The van der Waals surface area contributed by atoms with Gasteiger partial charge in [-0.25, -0.2) is 9.97 Å². The Labute approximate surface area is 172 Å². The van der Waals surface area contributed by atoms with Crippen LogP contribution in [0.15, 0.2) is 36.7 Å². The molecule has 0 spiro atoms. The third kappa shape index (κ3) is 4.32.